The summed E-state index contributed by atoms with van der Waals surface area (Å²) in [5.74, 6) is 0.128. The topological polar surface area (TPSA) is 61.9 Å². The molecule has 1 aromatic rings. The number of carbonyl (C=O) groups excluding carboxylic acids is 2. The zero-order valence-electron chi connectivity index (χ0n) is 12.7. The van der Waals surface area contributed by atoms with Crippen LogP contribution in [-0.2, 0) is 9.53 Å². The van der Waals surface area contributed by atoms with Gasteiger partial charge in [0, 0.05) is 24.5 Å². The molecule has 1 atom stereocenters. The van der Waals surface area contributed by atoms with Gasteiger partial charge in [0.1, 0.15) is 12.6 Å². The molecule has 2 heterocycles. The van der Waals surface area contributed by atoms with Gasteiger partial charge in [-0.2, -0.15) is 0 Å². The number of amides is 2. The molecule has 6 nitrogen and oxygen atoms in total. The largest absolute Gasteiger partial charge is 0.447 e. The number of hydrogen-bond donors (Lipinski definition) is 1. The number of benzene rings is 1. The minimum atomic E-state index is -0.321. The minimum absolute atomic E-state index is 0.128. The van der Waals surface area contributed by atoms with E-state index in [1.807, 2.05) is 36.1 Å². The standard InChI is InChI=1S/C16H21N3O3/c1-12(15(20)18-7-2-3-8-18)17-13-5-4-6-14(11-13)19-9-10-22-16(19)21/h4-6,11-12,17H,2-3,7-10H2,1H3/t12-/m1/s1. The summed E-state index contributed by atoms with van der Waals surface area (Å²) in [6, 6.07) is 7.24. The molecule has 2 aliphatic heterocycles. The molecule has 3 rings (SSSR count). The molecule has 0 unspecified atom stereocenters. The van der Waals surface area contributed by atoms with Gasteiger partial charge in [-0.05, 0) is 38.0 Å². The molecular weight excluding hydrogens is 282 g/mol. The summed E-state index contributed by atoms with van der Waals surface area (Å²) >= 11 is 0. The summed E-state index contributed by atoms with van der Waals surface area (Å²) in [4.78, 5) is 27.4. The van der Waals surface area contributed by atoms with Gasteiger partial charge in [0.2, 0.25) is 5.91 Å². The number of hydrogen-bond acceptors (Lipinski definition) is 4. The van der Waals surface area contributed by atoms with Crippen LogP contribution in [0, 0.1) is 0 Å². The van der Waals surface area contributed by atoms with E-state index in [0.717, 1.165) is 37.3 Å². The lowest BCUT2D eigenvalue weighted by molar-refractivity contribution is -0.130. The van der Waals surface area contributed by atoms with E-state index >= 15 is 0 Å². The van der Waals surface area contributed by atoms with Gasteiger partial charge in [0.05, 0.1) is 6.54 Å². The van der Waals surface area contributed by atoms with Crippen molar-refractivity contribution in [2.24, 2.45) is 0 Å². The highest BCUT2D eigenvalue weighted by Gasteiger charge is 2.25. The van der Waals surface area contributed by atoms with Crippen LogP contribution in [-0.4, -0.2) is 49.2 Å². The molecule has 0 saturated carbocycles. The molecule has 0 aromatic heterocycles. The normalized spacial score (nSPS) is 19.2. The number of rotatable bonds is 4. The summed E-state index contributed by atoms with van der Waals surface area (Å²) in [6.07, 6.45) is 1.86. The number of anilines is 2. The van der Waals surface area contributed by atoms with E-state index in [-0.39, 0.29) is 18.0 Å². The fourth-order valence-electron chi connectivity index (χ4n) is 2.91. The summed E-state index contributed by atoms with van der Waals surface area (Å²) < 4.78 is 4.95. The molecule has 2 fully saturated rings. The van der Waals surface area contributed by atoms with Crippen LogP contribution in [0.2, 0.25) is 0 Å². The second-order valence-corrected chi connectivity index (χ2v) is 5.71. The van der Waals surface area contributed by atoms with Crippen molar-refractivity contribution >= 4 is 23.4 Å². The predicted octanol–water partition coefficient (Wildman–Crippen LogP) is 2.07. The van der Waals surface area contributed by atoms with Crippen molar-refractivity contribution in [2.75, 3.05) is 36.5 Å². The lowest BCUT2D eigenvalue weighted by atomic mass is 10.2. The summed E-state index contributed by atoms with van der Waals surface area (Å²) in [5, 5.41) is 3.23. The molecule has 0 spiro atoms. The van der Waals surface area contributed by atoms with Gasteiger partial charge >= 0.3 is 6.09 Å². The van der Waals surface area contributed by atoms with E-state index in [1.165, 1.54) is 0 Å². The molecule has 1 aromatic carbocycles. The first-order valence-electron chi connectivity index (χ1n) is 7.75. The molecule has 2 amide bonds. The van der Waals surface area contributed by atoms with Gasteiger partial charge in [-0.1, -0.05) is 6.07 Å². The maximum atomic E-state index is 12.3. The average molecular weight is 303 g/mol. The van der Waals surface area contributed by atoms with E-state index in [2.05, 4.69) is 5.32 Å². The first-order chi connectivity index (χ1) is 10.6. The Morgan fingerprint density at radius 2 is 2.05 bits per heavy atom. The second-order valence-electron chi connectivity index (χ2n) is 5.71. The van der Waals surface area contributed by atoms with Crippen LogP contribution >= 0.6 is 0 Å². The van der Waals surface area contributed by atoms with Gasteiger partial charge in [-0.25, -0.2) is 4.79 Å². The molecular formula is C16H21N3O3. The molecule has 22 heavy (non-hydrogen) atoms. The monoisotopic (exact) mass is 303 g/mol. The number of ether oxygens (including phenoxy) is 1. The Labute approximate surface area is 130 Å². The van der Waals surface area contributed by atoms with Crippen LogP contribution in [0.4, 0.5) is 16.2 Å². The predicted molar refractivity (Wildman–Crippen MR) is 84.0 cm³/mol. The Balaban J connectivity index is 1.67. The Morgan fingerprint density at radius 1 is 1.27 bits per heavy atom. The highest BCUT2D eigenvalue weighted by molar-refractivity contribution is 5.90. The third-order valence-electron chi connectivity index (χ3n) is 4.09. The first kappa shape index (κ1) is 14.7. The Morgan fingerprint density at radius 3 is 2.73 bits per heavy atom. The first-order valence-corrected chi connectivity index (χ1v) is 7.75. The van der Waals surface area contributed by atoms with Crippen LogP contribution in [0.15, 0.2) is 24.3 Å². The fraction of sp³-hybridized carbons (Fsp3) is 0.500. The van der Waals surface area contributed by atoms with Gasteiger partial charge < -0.3 is 15.0 Å². The molecule has 1 N–H and O–H groups in total. The van der Waals surface area contributed by atoms with E-state index in [9.17, 15) is 9.59 Å². The molecule has 0 aliphatic carbocycles. The van der Waals surface area contributed by atoms with E-state index < -0.39 is 0 Å². The Bertz CT molecular complexity index is 570. The van der Waals surface area contributed by atoms with Gasteiger partial charge in [-0.3, -0.25) is 9.69 Å². The lowest BCUT2D eigenvalue weighted by Crippen LogP contribution is -2.39. The van der Waals surface area contributed by atoms with Crippen LogP contribution in [0.3, 0.4) is 0 Å². The second kappa shape index (κ2) is 6.25. The third kappa shape index (κ3) is 3.00. The lowest BCUT2D eigenvalue weighted by Gasteiger charge is -2.22. The Kier molecular flexibility index (Phi) is 4.18. The number of likely N-dealkylation sites (tertiary alicyclic amines) is 1. The highest BCUT2D eigenvalue weighted by Crippen LogP contribution is 2.23. The Hall–Kier alpha value is -2.24. The zero-order valence-corrected chi connectivity index (χ0v) is 12.7. The maximum absolute atomic E-state index is 12.3. The zero-order chi connectivity index (χ0) is 15.5. The van der Waals surface area contributed by atoms with Crippen LogP contribution < -0.4 is 10.2 Å². The van der Waals surface area contributed by atoms with Gasteiger partial charge in [0.15, 0.2) is 0 Å². The van der Waals surface area contributed by atoms with Crippen molar-refractivity contribution in [3.8, 4) is 0 Å². The van der Waals surface area contributed by atoms with Crippen LogP contribution in [0.1, 0.15) is 19.8 Å². The molecule has 2 saturated heterocycles. The van der Waals surface area contributed by atoms with Crippen molar-refractivity contribution in [1.82, 2.24) is 4.90 Å². The summed E-state index contributed by atoms with van der Waals surface area (Å²) in [7, 11) is 0. The molecule has 2 aliphatic rings. The smallest absolute Gasteiger partial charge is 0.414 e. The van der Waals surface area contributed by atoms with Gasteiger partial charge in [0.25, 0.3) is 0 Å². The SMILES string of the molecule is C[C@@H](Nc1cccc(N2CCOC2=O)c1)C(=O)N1CCCC1. The van der Waals surface area contributed by atoms with Gasteiger partial charge in [-0.15, -0.1) is 0 Å². The van der Waals surface area contributed by atoms with Crippen molar-refractivity contribution in [3.63, 3.8) is 0 Å². The number of carbonyl (C=O) groups is 2. The fourth-order valence-corrected chi connectivity index (χ4v) is 2.91. The van der Waals surface area contributed by atoms with E-state index in [4.69, 9.17) is 4.74 Å². The number of nitrogens with zero attached hydrogens (tertiary/aromatic N) is 2. The van der Waals surface area contributed by atoms with Crippen LogP contribution in [0.5, 0.6) is 0 Å². The average Bonchev–Trinajstić information content (AvgIpc) is 3.18. The van der Waals surface area contributed by atoms with Crippen molar-refractivity contribution in [1.29, 1.82) is 0 Å². The van der Waals surface area contributed by atoms with Crippen LogP contribution in [0.25, 0.3) is 0 Å². The number of cyclic esters (lactones) is 1. The summed E-state index contributed by atoms with van der Waals surface area (Å²) in [5.41, 5.74) is 1.62. The van der Waals surface area contributed by atoms with Crippen molar-refractivity contribution in [2.45, 2.75) is 25.8 Å². The number of nitrogens with one attached hydrogen (secondary N) is 1. The maximum Gasteiger partial charge on any atom is 0.414 e. The van der Waals surface area contributed by atoms with Crippen molar-refractivity contribution in [3.05, 3.63) is 24.3 Å². The highest BCUT2D eigenvalue weighted by atomic mass is 16.6. The van der Waals surface area contributed by atoms with Crippen molar-refractivity contribution < 1.29 is 14.3 Å². The molecule has 0 radical (unpaired) electrons. The van der Waals surface area contributed by atoms with E-state index in [0.29, 0.717) is 13.2 Å². The molecule has 6 heteroatoms. The third-order valence-corrected chi connectivity index (χ3v) is 4.09. The van der Waals surface area contributed by atoms with E-state index in [1.54, 1.807) is 4.90 Å². The minimum Gasteiger partial charge on any atom is -0.447 e. The molecule has 118 valence electrons. The quantitative estimate of drug-likeness (QED) is 0.925. The molecule has 0 bridgehead atoms. The summed E-state index contributed by atoms with van der Waals surface area (Å²) in [6.45, 7) is 4.55.